The van der Waals surface area contributed by atoms with Gasteiger partial charge in [-0.25, -0.2) is 0 Å². The number of carbonyl (C=O) groups is 1. The van der Waals surface area contributed by atoms with E-state index in [1.165, 1.54) is 0 Å². The van der Waals surface area contributed by atoms with E-state index in [4.69, 9.17) is 0 Å². The molecule has 1 aliphatic carbocycles. The molecule has 0 saturated heterocycles. The maximum absolute atomic E-state index is 11.5. The standard InChI is InChI=1S/C9H16O2/c1-6-7(10)4-5-9(2,3)8(6)11/h6-7,10H,4-5H2,1-3H3. The number of aliphatic hydroxyl groups excluding tert-OH is 1. The molecule has 11 heavy (non-hydrogen) atoms. The highest BCUT2D eigenvalue weighted by molar-refractivity contribution is 5.87. The minimum atomic E-state index is -0.407. The van der Waals surface area contributed by atoms with Crippen LogP contribution in [0.15, 0.2) is 0 Å². The van der Waals surface area contributed by atoms with Gasteiger partial charge in [0.15, 0.2) is 0 Å². The Morgan fingerprint density at radius 3 is 2.55 bits per heavy atom. The van der Waals surface area contributed by atoms with Crippen LogP contribution in [-0.2, 0) is 4.79 Å². The van der Waals surface area contributed by atoms with E-state index in [9.17, 15) is 9.90 Å². The largest absolute Gasteiger partial charge is 0.392 e. The highest BCUT2D eigenvalue weighted by atomic mass is 16.3. The van der Waals surface area contributed by atoms with E-state index in [0.717, 1.165) is 12.8 Å². The molecule has 0 amide bonds. The Kier molecular flexibility index (Phi) is 2.06. The predicted octanol–water partition coefficient (Wildman–Crippen LogP) is 1.37. The van der Waals surface area contributed by atoms with E-state index in [1.54, 1.807) is 0 Å². The summed E-state index contributed by atoms with van der Waals surface area (Å²) in [6.45, 7) is 5.73. The molecule has 0 aromatic heterocycles. The molecule has 0 heterocycles. The van der Waals surface area contributed by atoms with Crippen molar-refractivity contribution in [3.8, 4) is 0 Å². The number of Topliss-reactive ketones (excluding diaryl/α,β-unsaturated/α-hetero) is 1. The molecule has 1 rings (SSSR count). The monoisotopic (exact) mass is 156 g/mol. The zero-order valence-electron chi connectivity index (χ0n) is 7.42. The molecule has 64 valence electrons. The van der Waals surface area contributed by atoms with Crippen molar-refractivity contribution in [1.82, 2.24) is 0 Å². The van der Waals surface area contributed by atoms with Crippen LogP contribution in [-0.4, -0.2) is 17.0 Å². The van der Waals surface area contributed by atoms with Crippen LogP contribution in [0.2, 0.25) is 0 Å². The molecular formula is C9H16O2. The van der Waals surface area contributed by atoms with Crippen molar-refractivity contribution >= 4 is 5.78 Å². The molecule has 1 aliphatic rings. The van der Waals surface area contributed by atoms with Gasteiger partial charge in [-0.05, 0) is 12.8 Å². The van der Waals surface area contributed by atoms with Crippen LogP contribution >= 0.6 is 0 Å². The van der Waals surface area contributed by atoms with Gasteiger partial charge in [-0.1, -0.05) is 20.8 Å². The first-order valence-electron chi connectivity index (χ1n) is 4.17. The van der Waals surface area contributed by atoms with Gasteiger partial charge in [-0.15, -0.1) is 0 Å². The summed E-state index contributed by atoms with van der Waals surface area (Å²) in [6.07, 6.45) is 1.17. The van der Waals surface area contributed by atoms with Crippen LogP contribution in [0.5, 0.6) is 0 Å². The summed E-state index contributed by atoms with van der Waals surface area (Å²) in [5.74, 6) is 0.0370. The van der Waals surface area contributed by atoms with Crippen LogP contribution in [0.1, 0.15) is 33.6 Å². The summed E-state index contributed by atoms with van der Waals surface area (Å²) in [7, 11) is 0. The lowest BCUT2D eigenvalue weighted by Crippen LogP contribution is -2.41. The third-order valence-corrected chi connectivity index (χ3v) is 2.72. The van der Waals surface area contributed by atoms with Gasteiger partial charge in [0.05, 0.1) is 6.10 Å². The quantitative estimate of drug-likeness (QED) is 0.575. The lowest BCUT2D eigenvalue weighted by Gasteiger charge is -2.35. The first-order chi connectivity index (χ1) is 4.95. The SMILES string of the molecule is CC1C(=O)C(C)(C)CCC1O. The van der Waals surface area contributed by atoms with Gasteiger partial charge in [0, 0.05) is 11.3 Å². The van der Waals surface area contributed by atoms with Gasteiger partial charge in [0.25, 0.3) is 0 Å². The Hall–Kier alpha value is -0.370. The lowest BCUT2D eigenvalue weighted by atomic mass is 9.70. The molecule has 1 saturated carbocycles. The maximum atomic E-state index is 11.5. The Morgan fingerprint density at radius 1 is 1.55 bits per heavy atom. The molecule has 0 bridgehead atoms. The third-order valence-electron chi connectivity index (χ3n) is 2.72. The molecule has 0 aliphatic heterocycles. The van der Waals surface area contributed by atoms with Crippen LogP contribution in [0, 0.1) is 11.3 Å². The summed E-state index contributed by atoms with van der Waals surface area (Å²) in [5, 5.41) is 9.36. The number of rotatable bonds is 0. The van der Waals surface area contributed by atoms with E-state index in [2.05, 4.69) is 0 Å². The topological polar surface area (TPSA) is 37.3 Å². The first kappa shape index (κ1) is 8.72. The molecule has 0 spiro atoms. The number of carbonyl (C=O) groups excluding carboxylic acids is 1. The molecule has 1 N–H and O–H groups in total. The van der Waals surface area contributed by atoms with E-state index in [-0.39, 0.29) is 17.1 Å². The Balaban J connectivity index is 2.76. The highest BCUT2D eigenvalue weighted by Crippen LogP contribution is 2.35. The fourth-order valence-electron chi connectivity index (χ4n) is 1.67. The molecule has 1 fully saturated rings. The minimum absolute atomic E-state index is 0.168. The summed E-state index contributed by atoms with van der Waals surface area (Å²) in [6, 6.07) is 0. The Bertz CT molecular complexity index is 172. The zero-order valence-corrected chi connectivity index (χ0v) is 7.42. The van der Waals surface area contributed by atoms with Gasteiger partial charge >= 0.3 is 0 Å². The average molecular weight is 156 g/mol. The van der Waals surface area contributed by atoms with Crippen LogP contribution in [0.3, 0.4) is 0 Å². The molecule has 2 nitrogen and oxygen atoms in total. The van der Waals surface area contributed by atoms with Crippen LogP contribution in [0.4, 0.5) is 0 Å². The number of aliphatic hydroxyl groups is 1. The van der Waals surface area contributed by atoms with Gasteiger partial charge in [-0.2, -0.15) is 0 Å². The second kappa shape index (κ2) is 2.59. The molecular weight excluding hydrogens is 140 g/mol. The van der Waals surface area contributed by atoms with Crippen molar-refractivity contribution in [3.63, 3.8) is 0 Å². The average Bonchev–Trinajstić information content (AvgIpc) is 1.95. The van der Waals surface area contributed by atoms with Crippen LogP contribution in [0.25, 0.3) is 0 Å². The van der Waals surface area contributed by atoms with Crippen molar-refractivity contribution in [2.24, 2.45) is 11.3 Å². The Labute approximate surface area is 67.6 Å². The Morgan fingerprint density at radius 2 is 2.09 bits per heavy atom. The minimum Gasteiger partial charge on any atom is -0.392 e. The van der Waals surface area contributed by atoms with E-state index in [1.807, 2.05) is 20.8 Å². The number of ketones is 1. The van der Waals surface area contributed by atoms with Gasteiger partial charge in [0.1, 0.15) is 5.78 Å². The predicted molar refractivity (Wildman–Crippen MR) is 43.2 cm³/mol. The lowest BCUT2D eigenvalue weighted by molar-refractivity contribution is -0.139. The van der Waals surface area contributed by atoms with E-state index < -0.39 is 6.10 Å². The molecule has 0 radical (unpaired) electrons. The van der Waals surface area contributed by atoms with Crippen molar-refractivity contribution in [2.75, 3.05) is 0 Å². The van der Waals surface area contributed by atoms with Crippen molar-refractivity contribution < 1.29 is 9.90 Å². The molecule has 2 unspecified atom stereocenters. The fourth-order valence-corrected chi connectivity index (χ4v) is 1.67. The fraction of sp³-hybridized carbons (Fsp3) is 0.889. The van der Waals surface area contributed by atoms with Gasteiger partial charge in [-0.3, -0.25) is 4.79 Å². The molecule has 2 atom stereocenters. The summed E-state index contributed by atoms with van der Waals surface area (Å²) in [5.41, 5.74) is -0.210. The second-order valence-corrected chi connectivity index (χ2v) is 4.14. The number of hydrogen-bond acceptors (Lipinski definition) is 2. The number of hydrogen-bond donors (Lipinski definition) is 1. The second-order valence-electron chi connectivity index (χ2n) is 4.14. The maximum Gasteiger partial charge on any atom is 0.143 e. The first-order valence-corrected chi connectivity index (χ1v) is 4.17. The van der Waals surface area contributed by atoms with E-state index >= 15 is 0 Å². The van der Waals surface area contributed by atoms with Crippen LogP contribution < -0.4 is 0 Å². The van der Waals surface area contributed by atoms with Gasteiger partial charge in [0.2, 0.25) is 0 Å². The highest BCUT2D eigenvalue weighted by Gasteiger charge is 2.39. The van der Waals surface area contributed by atoms with Crippen molar-refractivity contribution in [1.29, 1.82) is 0 Å². The third kappa shape index (κ3) is 1.45. The summed E-state index contributed by atoms with van der Waals surface area (Å²) >= 11 is 0. The van der Waals surface area contributed by atoms with E-state index in [0.29, 0.717) is 0 Å². The van der Waals surface area contributed by atoms with Crippen molar-refractivity contribution in [3.05, 3.63) is 0 Å². The molecule has 2 heteroatoms. The van der Waals surface area contributed by atoms with Gasteiger partial charge < -0.3 is 5.11 Å². The summed E-state index contributed by atoms with van der Waals surface area (Å²) in [4.78, 5) is 11.5. The normalized spacial score (nSPS) is 37.3. The molecule has 0 aromatic rings. The zero-order chi connectivity index (χ0) is 8.65. The van der Waals surface area contributed by atoms with Crippen molar-refractivity contribution in [2.45, 2.75) is 39.7 Å². The smallest absolute Gasteiger partial charge is 0.143 e. The summed E-state index contributed by atoms with van der Waals surface area (Å²) < 4.78 is 0. The molecule has 0 aromatic carbocycles.